The fourth-order valence-electron chi connectivity index (χ4n) is 5.08. The zero-order valence-electron chi connectivity index (χ0n) is 29.9. The van der Waals surface area contributed by atoms with Crippen LogP contribution in [0.4, 0.5) is 9.59 Å². The van der Waals surface area contributed by atoms with Crippen LogP contribution in [0.3, 0.4) is 0 Å². The average Bonchev–Trinajstić information content (AvgIpc) is 2.97. The summed E-state index contributed by atoms with van der Waals surface area (Å²) in [4.78, 5) is 40.1. The quantitative estimate of drug-likeness (QED) is 0.145. The van der Waals surface area contributed by atoms with Crippen molar-refractivity contribution in [2.75, 3.05) is 19.7 Å². The largest absolute Gasteiger partial charge is 0.450 e. The van der Waals surface area contributed by atoms with Crippen molar-refractivity contribution in [1.29, 1.82) is 0 Å². The third-order valence-electron chi connectivity index (χ3n) is 7.75. The molecule has 0 saturated heterocycles. The van der Waals surface area contributed by atoms with Crippen LogP contribution in [0.1, 0.15) is 45.7 Å². The van der Waals surface area contributed by atoms with Gasteiger partial charge in [0.25, 0.3) is 0 Å². The second kappa shape index (κ2) is 18.9. The van der Waals surface area contributed by atoms with Gasteiger partial charge in [-0.2, -0.15) is 0 Å². The van der Waals surface area contributed by atoms with Crippen molar-refractivity contribution >= 4 is 26.2 Å². The van der Waals surface area contributed by atoms with Gasteiger partial charge in [-0.3, -0.25) is 10.1 Å². The Hall–Kier alpha value is -3.45. The van der Waals surface area contributed by atoms with Gasteiger partial charge in [-0.15, -0.1) is 0 Å². The predicted molar refractivity (Wildman–Crippen MR) is 191 cm³/mol. The average molecular weight is 687 g/mol. The summed E-state index contributed by atoms with van der Waals surface area (Å²) < 4.78 is 11.1. The fourth-order valence-corrected chi connectivity index (χ4v) is 5.80. The van der Waals surface area contributed by atoms with Crippen molar-refractivity contribution < 1.29 is 34.1 Å². The maximum absolute atomic E-state index is 13.6. The van der Waals surface area contributed by atoms with Crippen LogP contribution in [0.2, 0.25) is 25.7 Å². The number of rotatable bonds is 18. The van der Waals surface area contributed by atoms with Gasteiger partial charge < -0.3 is 35.6 Å². The van der Waals surface area contributed by atoms with Gasteiger partial charge in [0, 0.05) is 14.1 Å². The Bertz CT molecular complexity index is 1270. The lowest BCUT2D eigenvalue weighted by Crippen LogP contribution is -2.57. The van der Waals surface area contributed by atoms with Gasteiger partial charge in [0.05, 0.1) is 44.0 Å². The monoisotopic (exact) mass is 686 g/mol. The molecule has 0 bridgehead atoms. The number of hydrogen-bond donors (Lipinski definition) is 5. The van der Waals surface area contributed by atoms with Crippen molar-refractivity contribution in [1.82, 2.24) is 15.5 Å². The number of primary amides is 1. The van der Waals surface area contributed by atoms with Gasteiger partial charge in [-0.25, -0.2) is 9.59 Å². The van der Waals surface area contributed by atoms with E-state index in [0.29, 0.717) is 6.42 Å². The third kappa shape index (κ3) is 15.6. The van der Waals surface area contributed by atoms with Crippen LogP contribution in [0.5, 0.6) is 0 Å². The summed E-state index contributed by atoms with van der Waals surface area (Å²) in [6.45, 7) is 15.2. The molecule has 0 fully saturated rings. The molecule has 268 valence electrons. The highest BCUT2D eigenvalue weighted by molar-refractivity contribution is 6.76. The van der Waals surface area contributed by atoms with Crippen molar-refractivity contribution in [3.8, 4) is 0 Å². The molecule has 2 aromatic carbocycles. The molecule has 0 aromatic heterocycles. The van der Waals surface area contributed by atoms with Crippen molar-refractivity contribution in [2.45, 2.75) is 109 Å². The van der Waals surface area contributed by atoms with E-state index in [-0.39, 0.29) is 32.0 Å². The lowest BCUT2D eigenvalue weighted by Gasteiger charge is -2.35. The molecule has 12 heteroatoms. The Morgan fingerprint density at radius 1 is 0.854 bits per heavy atom. The van der Waals surface area contributed by atoms with Gasteiger partial charge in [-0.1, -0.05) is 94.2 Å². The molecule has 0 saturated carbocycles. The van der Waals surface area contributed by atoms with E-state index in [4.69, 9.17) is 15.2 Å². The smallest absolute Gasteiger partial charge is 0.409 e. The second-order valence-corrected chi connectivity index (χ2v) is 20.6. The minimum Gasteiger partial charge on any atom is -0.450 e. The number of carbonyl (C=O) groups excluding carboxylic acids is 3. The third-order valence-corrected chi connectivity index (χ3v) is 9.45. The standard InChI is InChI=1S/C36H58N4O7Si/c1-25(2)32(33(37)43)38-28(21-26-15-11-9-12-16-26)30(41)23-40(35(45)46-19-20-48(6,7)8)24-31(42)29(22-27-17-13-10-14-18-27)39-34(44)47-36(3,4)5/h9-18,25,28-32,38,41-42H,19-24H2,1-8H3,(H2,37,43)(H,39,44)/t28-,29+,30?,31?,32-/m0/s1. The number of nitrogens with zero attached hydrogens (tertiary/aromatic N) is 1. The summed E-state index contributed by atoms with van der Waals surface area (Å²) in [6.07, 6.45) is -3.25. The van der Waals surface area contributed by atoms with E-state index in [0.717, 1.165) is 17.2 Å². The number of aliphatic hydroxyl groups is 2. The number of hydrogen-bond acceptors (Lipinski definition) is 8. The van der Waals surface area contributed by atoms with Crippen molar-refractivity contribution in [3.63, 3.8) is 0 Å². The topological polar surface area (TPSA) is 163 Å². The van der Waals surface area contributed by atoms with Crippen LogP contribution >= 0.6 is 0 Å². The number of carbonyl (C=O) groups is 3. The van der Waals surface area contributed by atoms with E-state index in [2.05, 4.69) is 30.3 Å². The lowest BCUT2D eigenvalue weighted by atomic mass is 9.96. The molecule has 11 nitrogen and oxygen atoms in total. The van der Waals surface area contributed by atoms with Gasteiger partial charge in [-0.05, 0) is 56.7 Å². The second-order valence-electron chi connectivity index (χ2n) is 15.0. The summed E-state index contributed by atoms with van der Waals surface area (Å²) in [6, 6.07) is 17.3. The van der Waals surface area contributed by atoms with E-state index >= 15 is 0 Å². The highest BCUT2D eigenvalue weighted by Gasteiger charge is 2.33. The summed E-state index contributed by atoms with van der Waals surface area (Å²) in [5.74, 6) is -0.708. The molecule has 3 amide bonds. The number of benzene rings is 2. The van der Waals surface area contributed by atoms with Gasteiger partial charge >= 0.3 is 12.2 Å². The first-order valence-electron chi connectivity index (χ1n) is 16.7. The number of alkyl carbamates (subject to hydrolysis) is 1. The van der Waals surface area contributed by atoms with E-state index in [1.54, 1.807) is 20.8 Å². The van der Waals surface area contributed by atoms with Crippen LogP contribution in [-0.4, -0.2) is 96.9 Å². The summed E-state index contributed by atoms with van der Waals surface area (Å²) >= 11 is 0. The number of aliphatic hydroxyl groups excluding tert-OH is 2. The minimum atomic E-state index is -1.53. The molecule has 0 aliphatic carbocycles. The van der Waals surface area contributed by atoms with E-state index < -0.39 is 62.1 Å². The zero-order chi connectivity index (χ0) is 36.1. The highest BCUT2D eigenvalue weighted by Crippen LogP contribution is 2.16. The molecule has 2 aromatic rings. The Morgan fingerprint density at radius 2 is 1.33 bits per heavy atom. The van der Waals surface area contributed by atoms with Crippen molar-refractivity contribution in [3.05, 3.63) is 71.8 Å². The normalized spacial score (nSPS) is 15.1. The molecule has 5 atom stereocenters. The van der Waals surface area contributed by atoms with Gasteiger partial charge in [0.15, 0.2) is 0 Å². The number of amides is 3. The van der Waals surface area contributed by atoms with E-state index in [1.807, 2.05) is 74.5 Å². The molecule has 0 spiro atoms. The maximum Gasteiger partial charge on any atom is 0.409 e. The Kier molecular flexibility index (Phi) is 16.1. The molecular formula is C36H58N4O7Si. The van der Waals surface area contributed by atoms with Gasteiger partial charge in [0.1, 0.15) is 5.60 Å². The van der Waals surface area contributed by atoms with Crippen molar-refractivity contribution in [2.24, 2.45) is 11.7 Å². The molecular weight excluding hydrogens is 629 g/mol. The summed E-state index contributed by atoms with van der Waals surface area (Å²) in [5.41, 5.74) is 6.73. The van der Waals surface area contributed by atoms with Crippen LogP contribution in [0, 0.1) is 5.92 Å². The first kappa shape index (κ1) is 40.7. The fraction of sp³-hybridized carbons (Fsp3) is 0.583. The zero-order valence-corrected chi connectivity index (χ0v) is 30.9. The molecule has 2 rings (SSSR count). The highest BCUT2D eigenvalue weighted by atomic mass is 28.3. The first-order valence-corrected chi connectivity index (χ1v) is 20.5. The van der Waals surface area contributed by atoms with Gasteiger partial charge in [0.2, 0.25) is 5.91 Å². The molecule has 2 unspecified atom stereocenters. The van der Waals surface area contributed by atoms with E-state index in [9.17, 15) is 24.6 Å². The van der Waals surface area contributed by atoms with Crippen LogP contribution in [0.25, 0.3) is 0 Å². The Balaban J connectivity index is 2.40. The molecule has 0 heterocycles. The molecule has 0 aliphatic rings. The Labute approximate surface area is 287 Å². The predicted octanol–water partition coefficient (Wildman–Crippen LogP) is 4.33. The van der Waals surface area contributed by atoms with Crippen LogP contribution < -0.4 is 16.4 Å². The SMILES string of the molecule is CC(C)[C@H](N[C@@H](Cc1ccccc1)C(O)CN(CC(O)[C@@H](Cc1ccccc1)NC(=O)OC(C)(C)C)C(=O)OCC[Si](C)(C)C)C(N)=O. The van der Waals surface area contributed by atoms with E-state index in [1.165, 1.54) is 4.90 Å². The number of ether oxygens (including phenoxy) is 2. The van der Waals surface area contributed by atoms with Crippen LogP contribution in [0.15, 0.2) is 60.7 Å². The molecule has 6 N–H and O–H groups in total. The number of nitrogens with one attached hydrogen (secondary N) is 2. The molecule has 48 heavy (non-hydrogen) atoms. The first-order chi connectivity index (χ1) is 22.3. The maximum atomic E-state index is 13.6. The lowest BCUT2D eigenvalue weighted by molar-refractivity contribution is -0.121. The molecule has 0 aliphatic heterocycles. The molecule has 0 radical (unpaired) electrons. The Morgan fingerprint density at radius 3 is 1.77 bits per heavy atom. The minimum absolute atomic E-state index is 0.157. The number of nitrogens with two attached hydrogens (primary N) is 1. The van der Waals surface area contributed by atoms with Crippen LogP contribution in [-0.2, 0) is 27.1 Å². The summed E-state index contributed by atoms with van der Waals surface area (Å²) in [7, 11) is -1.53. The summed E-state index contributed by atoms with van der Waals surface area (Å²) in [5, 5.41) is 29.3.